The summed E-state index contributed by atoms with van der Waals surface area (Å²) in [7, 11) is 0. The van der Waals surface area contributed by atoms with Crippen LogP contribution in [0.15, 0.2) is 16.6 Å². The third-order valence-electron chi connectivity index (χ3n) is 1.37. The van der Waals surface area contributed by atoms with E-state index in [0.29, 0.717) is 4.47 Å². The smallest absolute Gasteiger partial charge is 0.150 e. The summed E-state index contributed by atoms with van der Waals surface area (Å²) in [6.45, 7) is 0.0927. The van der Waals surface area contributed by atoms with E-state index in [9.17, 15) is 8.78 Å². The molecular formula is C9H6BrF2N. The maximum absolute atomic E-state index is 13.0. The fourth-order valence-electron chi connectivity index (χ4n) is 0.851. The van der Waals surface area contributed by atoms with Crippen LogP contribution in [0, 0.1) is 24.0 Å². The predicted octanol–water partition coefficient (Wildman–Crippen LogP) is 2.77. The molecule has 0 spiro atoms. The molecule has 0 amide bonds. The van der Waals surface area contributed by atoms with Crippen molar-refractivity contribution < 1.29 is 8.78 Å². The minimum Gasteiger partial charge on any atom is -0.369 e. The van der Waals surface area contributed by atoms with Crippen molar-refractivity contribution >= 4 is 21.6 Å². The van der Waals surface area contributed by atoms with Gasteiger partial charge < -0.3 is 5.32 Å². The Kier molecular flexibility index (Phi) is 3.26. The molecule has 13 heavy (non-hydrogen) atoms. The van der Waals surface area contributed by atoms with Crippen LogP contribution >= 0.6 is 15.9 Å². The van der Waals surface area contributed by atoms with Crippen LogP contribution in [0.25, 0.3) is 0 Å². The molecule has 0 saturated heterocycles. The first-order valence-corrected chi connectivity index (χ1v) is 4.26. The van der Waals surface area contributed by atoms with Gasteiger partial charge in [0.1, 0.15) is 17.3 Å². The molecule has 0 unspecified atom stereocenters. The fourth-order valence-corrected chi connectivity index (χ4v) is 1.25. The molecule has 1 rings (SSSR count). The molecule has 68 valence electrons. The van der Waals surface area contributed by atoms with Gasteiger partial charge >= 0.3 is 0 Å². The summed E-state index contributed by atoms with van der Waals surface area (Å²) in [6, 6.07) is 2.34. The molecule has 0 aliphatic heterocycles. The fraction of sp³-hybridized carbons (Fsp3) is 0.111. The van der Waals surface area contributed by atoms with E-state index in [1.807, 2.05) is 0 Å². The highest BCUT2D eigenvalue weighted by Crippen LogP contribution is 2.23. The van der Waals surface area contributed by atoms with E-state index in [1.54, 1.807) is 0 Å². The Hall–Kier alpha value is -1.08. The number of terminal acetylenes is 1. The minimum absolute atomic E-state index is 0.0927. The molecule has 1 aromatic carbocycles. The van der Waals surface area contributed by atoms with Gasteiger partial charge in [-0.1, -0.05) is 21.9 Å². The summed E-state index contributed by atoms with van der Waals surface area (Å²) in [5.74, 6) is 0.900. The van der Waals surface area contributed by atoms with Crippen molar-refractivity contribution in [3.8, 4) is 12.3 Å². The lowest BCUT2D eigenvalue weighted by atomic mass is 10.3. The molecule has 0 aliphatic carbocycles. The Morgan fingerprint density at radius 1 is 1.38 bits per heavy atom. The van der Waals surface area contributed by atoms with Gasteiger partial charge in [-0.2, -0.15) is 0 Å². The highest BCUT2D eigenvalue weighted by molar-refractivity contribution is 9.10. The summed E-state index contributed by atoms with van der Waals surface area (Å²) in [5.41, 5.74) is -0.193. The largest absolute Gasteiger partial charge is 0.369 e. The zero-order valence-corrected chi connectivity index (χ0v) is 8.16. The normalized spacial score (nSPS) is 9.38. The molecule has 1 aromatic rings. The third-order valence-corrected chi connectivity index (χ3v) is 1.83. The second-order valence-corrected chi connectivity index (χ2v) is 3.22. The molecule has 0 atom stereocenters. The maximum Gasteiger partial charge on any atom is 0.150 e. The Labute approximate surface area is 83.3 Å². The summed E-state index contributed by atoms with van der Waals surface area (Å²) < 4.78 is 26.4. The van der Waals surface area contributed by atoms with E-state index in [2.05, 4.69) is 27.2 Å². The summed E-state index contributed by atoms with van der Waals surface area (Å²) >= 11 is 2.97. The maximum atomic E-state index is 13.0. The number of halogens is 3. The van der Waals surface area contributed by atoms with Gasteiger partial charge in [0.25, 0.3) is 0 Å². The molecule has 0 saturated carbocycles. The monoisotopic (exact) mass is 245 g/mol. The van der Waals surface area contributed by atoms with Gasteiger partial charge in [0.2, 0.25) is 0 Å². The average molecular weight is 246 g/mol. The quantitative estimate of drug-likeness (QED) is 0.791. The lowest BCUT2D eigenvalue weighted by molar-refractivity contribution is 0.588. The van der Waals surface area contributed by atoms with Crippen molar-refractivity contribution in [3.63, 3.8) is 0 Å². The zero-order chi connectivity index (χ0) is 9.84. The first kappa shape index (κ1) is 10.0. The second-order valence-electron chi connectivity index (χ2n) is 2.30. The van der Waals surface area contributed by atoms with Crippen LogP contribution in [0.1, 0.15) is 0 Å². The molecule has 1 N–H and O–H groups in total. The molecule has 4 heteroatoms. The van der Waals surface area contributed by atoms with Crippen molar-refractivity contribution in [2.75, 3.05) is 11.9 Å². The molecule has 0 radical (unpaired) electrons. The molecular weight excluding hydrogens is 240 g/mol. The van der Waals surface area contributed by atoms with Crippen LogP contribution in [0.5, 0.6) is 0 Å². The number of nitrogens with one attached hydrogen (secondary N) is 1. The van der Waals surface area contributed by atoms with E-state index >= 15 is 0 Å². The van der Waals surface area contributed by atoms with Crippen LogP contribution < -0.4 is 5.32 Å². The van der Waals surface area contributed by atoms with Gasteiger partial charge in [-0.3, -0.25) is 0 Å². The van der Waals surface area contributed by atoms with Gasteiger partial charge in [0, 0.05) is 4.47 Å². The standard InChI is InChI=1S/C9H6BrF2N/c1-2-3-13-9-7(11)4-6(10)5-8(9)12/h1,4-5,13H,3H2. The highest BCUT2D eigenvalue weighted by Gasteiger charge is 2.08. The summed E-state index contributed by atoms with van der Waals surface area (Å²) in [4.78, 5) is 0. The van der Waals surface area contributed by atoms with Gasteiger partial charge in [-0.15, -0.1) is 6.42 Å². The Morgan fingerprint density at radius 2 is 1.92 bits per heavy atom. The van der Waals surface area contributed by atoms with Crippen molar-refractivity contribution in [3.05, 3.63) is 28.2 Å². The number of benzene rings is 1. The lowest BCUT2D eigenvalue weighted by Crippen LogP contribution is -2.03. The summed E-state index contributed by atoms with van der Waals surface area (Å²) in [6.07, 6.45) is 4.94. The molecule has 0 fully saturated rings. The highest BCUT2D eigenvalue weighted by atomic mass is 79.9. The third kappa shape index (κ3) is 2.43. The molecule has 0 bridgehead atoms. The Balaban J connectivity index is 3.00. The Morgan fingerprint density at radius 3 is 2.38 bits per heavy atom. The first-order chi connectivity index (χ1) is 6.15. The Bertz CT molecular complexity index is 334. The molecule has 0 aliphatic rings. The molecule has 0 aromatic heterocycles. The molecule has 1 nitrogen and oxygen atoms in total. The number of hydrogen-bond donors (Lipinski definition) is 1. The summed E-state index contributed by atoms with van der Waals surface area (Å²) in [5, 5.41) is 2.45. The van der Waals surface area contributed by atoms with Crippen LogP contribution in [-0.2, 0) is 0 Å². The van der Waals surface area contributed by atoms with E-state index < -0.39 is 11.6 Å². The van der Waals surface area contributed by atoms with Crippen molar-refractivity contribution in [1.82, 2.24) is 0 Å². The van der Waals surface area contributed by atoms with Gasteiger partial charge in [-0.25, -0.2) is 8.78 Å². The van der Waals surface area contributed by atoms with Gasteiger partial charge in [0.05, 0.1) is 6.54 Å². The number of hydrogen-bond acceptors (Lipinski definition) is 1. The first-order valence-electron chi connectivity index (χ1n) is 3.47. The van der Waals surface area contributed by atoms with Crippen LogP contribution in [0.4, 0.5) is 14.5 Å². The molecule has 0 heterocycles. The van der Waals surface area contributed by atoms with Crippen molar-refractivity contribution in [2.45, 2.75) is 0 Å². The topological polar surface area (TPSA) is 12.0 Å². The van der Waals surface area contributed by atoms with Crippen LogP contribution in [0.3, 0.4) is 0 Å². The number of rotatable bonds is 2. The zero-order valence-electron chi connectivity index (χ0n) is 6.57. The second kappa shape index (κ2) is 4.24. The van der Waals surface area contributed by atoms with E-state index in [4.69, 9.17) is 6.42 Å². The van der Waals surface area contributed by atoms with Crippen molar-refractivity contribution in [2.24, 2.45) is 0 Å². The van der Waals surface area contributed by atoms with E-state index in [0.717, 1.165) is 0 Å². The average Bonchev–Trinajstić information content (AvgIpc) is 2.02. The van der Waals surface area contributed by atoms with Gasteiger partial charge in [-0.05, 0) is 12.1 Å². The minimum atomic E-state index is -0.665. The van der Waals surface area contributed by atoms with Crippen molar-refractivity contribution in [1.29, 1.82) is 0 Å². The van der Waals surface area contributed by atoms with E-state index in [-0.39, 0.29) is 12.2 Å². The predicted molar refractivity (Wildman–Crippen MR) is 51.4 cm³/mol. The lowest BCUT2D eigenvalue weighted by Gasteiger charge is -2.05. The van der Waals surface area contributed by atoms with Gasteiger partial charge in [0.15, 0.2) is 0 Å². The van der Waals surface area contributed by atoms with Crippen LogP contribution in [-0.4, -0.2) is 6.54 Å². The SMILES string of the molecule is C#CCNc1c(F)cc(Br)cc1F. The van der Waals surface area contributed by atoms with E-state index in [1.165, 1.54) is 12.1 Å². The number of anilines is 1. The van der Waals surface area contributed by atoms with Crippen LogP contribution in [0.2, 0.25) is 0 Å².